The van der Waals surface area contributed by atoms with Gasteiger partial charge in [0.15, 0.2) is 0 Å². The van der Waals surface area contributed by atoms with Gasteiger partial charge < -0.3 is 10.2 Å². The molecule has 0 spiro atoms. The number of hydrogen-bond acceptors (Lipinski definition) is 4. The van der Waals surface area contributed by atoms with Gasteiger partial charge in [0.1, 0.15) is 11.4 Å². The number of hydrogen-bond donors (Lipinski definition) is 1. The summed E-state index contributed by atoms with van der Waals surface area (Å²) < 4.78 is 0. The molecule has 1 aliphatic carbocycles. The smallest absolute Gasteiger partial charge is 0.315 e. The van der Waals surface area contributed by atoms with Crippen LogP contribution in [-0.2, 0) is 0 Å². The molecule has 2 fully saturated rings. The number of anilines is 2. The highest BCUT2D eigenvalue weighted by Crippen LogP contribution is 2.43. The normalized spacial score (nSPS) is 25.4. The predicted molar refractivity (Wildman–Crippen MR) is 80.4 cm³/mol. The Kier molecular flexibility index (Phi) is 3.51. The second kappa shape index (κ2) is 5.31. The van der Waals surface area contributed by atoms with E-state index in [1.807, 2.05) is 12.1 Å². The highest BCUT2D eigenvalue weighted by molar-refractivity contribution is 5.77. The van der Waals surface area contributed by atoms with E-state index in [-0.39, 0.29) is 10.6 Å². The van der Waals surface area contributed by atoms with Gasteiger partial charge in [-0.05, 0) is 37.3 Å². The standard InChI is InChI=1S/C15H21N3O2/c1-16-12-6-4-8-14(15(12)18(19)20)17-10-9-11-5-2-3-7-13(11)17/h4,6,8,11,13,16H,2-3,5,7,9-10H2,1H3. The summed E-state index contributed by atoms with van der Waals surface area (Å²) in [6.07, 6.45) is 6.18. The lowest BCUT2D eigenvalue weighted by atomic mass is 9.85. The maximum atomic E-state index is 11.5. The van der Waals surface area contributed by atoms with E-state index in [2.05, 4.69) is 10.2 Å². The van der Waals surface area contributed by atoms with E-state index < -0.39 is 0 Å². The molecule has 2 unspecified atom stereocenters. The molecule has 1 N–H and O–H groups in total. The summed E-state index contributed by atoms with van der Waals surface area (Å²) in [5.74, 6) is 0.724. The fraction of sp³-hybridized carbons (Fsp3) is 0.600. The number of benzene rings is 1. The average Bonchev–Trinajstić information content (AvgIpc) is 2.90. The van der Waals surface area contributed by atoms with E-state index in [0.717, 1.165) is 18.2 Å². The third kappa shape index (κ3) is 2.11. The molecule has 1 saturated carbocycles. The van der Waals surface area contributed by atoms with Gasteiger partial charge in [0.05, 0.1) is 4.92 Å². The lowest BCUT2D eigenvalue weighted by molar-refractivity contribution is -0.383. The average molecular weight is 275 g/mol. The van der Waals surface area contributed by atoms with Gasteiger partial charge in [-0.3, -0.25) is 10.1 Å². The van der Waals surface area contributed by atoms with Crippen LogP contribution in [0.4, 0.5) is 17.1 Å². The summed E-state index contributed by atoms with van der Waals surface area (Å²) in [7, 11) is 1.74. The number of nitrogens with zero attached hydrogens (tertiary/aromatic N) is 2. The summed E-state index contributed by atoms with van der Waals surface area (Å²) in [6, 6.07) is 6.07. The molecule has 3 rings (SSSR count). The molecule has 0 aromatic heterocycles. The SMILES string of the molecule is CNc1cccc(N2CCC3CCCCC32)c1[N+](=O)[O-]. The van der Waals surface area contributed by atoms with Gasteiger partial charge in [-0.15, -0.1) is 0 Å². The zero-order valence-electron chi connectivity index (χ0n) is 11.8. The van der Waals surface area contributed by atoms with Crippen molar-refractivity contribution in [2.24, 2.45) is 5.92 Å². The van der Waals surface area contributed by atoms with Gasteiger partial charge in [-0.1, -0.05) is 18.9 Å². The van der Waals surface area contributed by atoms with Crippen molar-refractivity contribution in [2.45, 2.75) is 38.1 Å². The van der Waals surface area contributed by atoms with Crippen LogP contribution in [0.25, 0.3) is 0 Å². The zero-order valence-corrected chi connectivity index (χ0v) is 11.8. The van der Waals surface area contributed by atoms with Crippen LogP contribution >= 0.6 is 0 Å². The van der Waals surface area contributed by atoms with Gasteiger partial charge in [0.25, 0.3) is 0 Å². The molecule has 1 saturated heterocycles. The Morgan fingerprint density at radius 3 is 2.85 bits per heavy atom. The molecule has 2 aliphatic rings. The van der Waals surface area contributed by atoms with Crippen LogP contribution in [0.3, 0.4) is 0 Å². The molecular weight excluding hydrogens is 254 g/mol. The molecular formula is C15H21N3O2. The fourth-order valence-corrected chi connectivity index (χ4v) is 3.86. The van der Waals surface area contributed by atoms with Gasteiger partial charge >= 0.3 is 5.69 Å². The summed E-state index contributed by atoms with van der Waals surface area (Å²) >= 11 is 0. The zero-order chi connectivity index (χ0) is 14.1. The minimum atomic E-state index is -0.253. The van der Waals surface area contributed by atoms with Crippen molar-refractivity contribution in [1.82, 2.24) is 0 Å². The van der Waals surface area contributed by atoms with E-state index >= 15 is 0 Å². The quantitative estimate of drug-likeness (QED) is 0.678. The Hall–Kier alpha value is -1.78. The maximum Gasteiger partial charge on any atom is 0.315 e. The van der Waals surface area contributed by atoms with Gasteiger partial charge in [0, 0.05) is 19.6 Å². The number of nitro benzene ring substituents is 1. The third-order valence-corrected chi connectivity index (χ3v) is 4.79. The first-order chi connectivity index (χ1) is 9.72. The first kappa shape index (κ1) is 13.2. The first-order valence-corrected chi connectivity index (χ1v) is 7.44. The van der Waals surface area contributed by atoms with E-state index in [9.17, 15) is 10.1 Å². The summed E-state index contributed by atoms with van der Waals surface area (Å²) in [5, 5.41) is 14.4. The molecule has 1 aliphatic heterocycles. The van der Waals surface area contributed by atoms with E-state index in [1.165, 1.54) is 32.1 Å². The summed E-state index contributed by atoms with van der Waals surface area (Å²) in [4.78, 5) is 13.5. The highest BCUT2D eigenvalue weighted by Gasteiger charge is 2.38. The minimum absolute atomic E-state index is 0.223. The Balaban J connectivity index is 1.99. The summed E-state index contributed by atoms with van der Waals surface area (Å²) in [5.41, 5.74) is 1.62. The molecule has 1 aromatic carbocycles. The first-order valence-electron chi connectivity index (χ1n) is 7.44. The van der Waals surface area contributed by atoms with Crippen molar-refractivity contribution in [3.05, 3.63) is 28.3 Å². The van der Waals surface area contributed by atoms with Crippen molar-refractivity contribution in [1.29, 1.82) is 0 Å². The van der Waals surface area contributed by atoms with Crippen molar-refractivity contribution in [2.75, 3.05) is 23.8 Å². The molecule has 1 aromatic rings. The van der Waals surface area contributed by atoms with Crippen LogP contribution < -0.4 is 10.2 Å². The molecule has 5 nitrogen and oxygen atoms in total. The van der Waals surface area contributed by atoms with Crippen molar-refractivity contribution in [3.63, 3.8) is 0 Å². The Labute approximate surface area is 119 Å². The van der Waals surface area contributed by atoms with Gasteiger partial charge in [0.2, 0.25) is 0 Å². The second-order valence-electron chi connectivity index (χ2n) is 5.77. The highest BCUT2D eigenvalue weighted by atomic mass is 16.6. The van der Waals surface area contributed by atoms with Crippen molar-refractivity contribution >= 4 is 17.1 Å². The van der Waals surface area contributed by atoms with Crippen LogP contribution in [-0.4, -0.2) is 24.6 Å². The number of fused-ring (bicyclic) bond motifs is 1. The third-order valence-electron chi connectivity index (χ3n) is 4.79. The van der Waals surface area contributed by atoms with E-state index in [0.29, 0.717) is 11.7 Å². The lowest BCUT2D eigenvalue weighted by Crippen LogP contribution is -2.35. The van der Waals surface area contributed by atoms with Gasteiger partial charge in [-0.2, -0.15) is 0 Å². The van der Waals surface area contributed by atoms with Crippen LogP contribution in [0, 0.1) is 16.0 Å². The molecule has 2 atom stereocenters. The lowest BCUT2D eigenvalue weighted by Gasteiger charge is -2.33. The maximum absolute atomic E-state index is 11.5. The van der Waals surface area contributed by atoms with Crippen LogP contribution in [0.2, 0.25) is 0 Å². The summed E-state index contributed by atoms with van der Waals surface area (Å²) in [6.45, 7) is 0.948. The van der Waals surface area contributed by atoms with Crippen LogP contribution in [0.15, 0.2) is 18.2 Å². The topological polar surface area (TPSA) is 58.4 Å². The van der Waals surface area contributed by atoms with E-state index in [1.54, 1.807) is 13.1 Å². The molecule has 1 heterocycles. The number of nitro groups is 1. The Morgan fingerprint density at radius 1 is 1.30 bits per heavy atom. The fourth-order valence-electron chi connectivity index (χ4n) is 3.86. The van der Waals surface area contributed by atoms with Crippen molar-refractivity contribution < 1.29 is 4.92 Å². The van der Waals surface area contributed by atoms with Crippen molar-refractivity contribution in [3.8, 4) is 0 Å². The second-order valence-corrected chi connectivity index (χ2v) is 5.77. The minimum Gasteiger partial charge on any atom is -0.382 e. The van der Waals surface area contributed by atoms with E-state index in [4.69, 9.17) is 0 Å². The molecule has 108 valence electrons. The van der Waals surface area contributed by atoms with Crippen LogP contribution in [0.1, 0.15) is 32.1 Å². The number of rotatable bonds is 3. The molecule has 0 bridgehead atoms. The molecule has 0 radical (unpaired) electrons. The molecule has 5 heteroatoms. The monoisotopic (exact) mass is 275 g/mol. The Morgan fingerprint density at radius 2 is 2.10 bits per heavy atom. The predicted octanol–water partition coefficient (Wildman–Crippen LogP) is 3.41. The largest absolute Gasteiger partial charge is 0.382 e. The number of nitrogens with one attached hydrogen (secondary N) is 1. The number of para-hydroxylation sites is 1. The van der Waals surface area contributed by atoms with Gasteiger partial charge in [-0.25, -0.2) is 0 Å². The molecule has 20 heavy (non-hydrogen) atoms. The van der Waals surface area contributed by atoms with Crippen LogP contribution in [0.5, 0.6) is 0 Å². The molecule has 0 amide bonds. The Bertz CT molecular complexity index is 518.